The molecule has 1 saturated heterocycles. The van der Waals surface area contributed by atoms with Gasteiger partial charge in [-0.1, -0.05) is 18.6 Å². The zero-order valence-corrected chi connectivity index (χ0v) is 11.5. The molecule has 0 radical (unpaired) electrons. The Morgan fingerprint density at radius 3 is 2.94 bits per heavy atom. The molecule has 0 N–H and O–H groups in total. The number of ketones is 1. The molecule has 1 aliphatic carbocycles. The molecule has 4 atom stereocenters. The molecule has 0 bridgehead atoms. The van der Waals surface area contributed by atoms with Crippen LogP contribution in [0.2, 0.25) is 0 Å². The standard InChI is InChI=1S/C15H24O2/c1-10(2)6-5-7-11(3)12-8-9-15(4)14(17-15)13(12)16/h6,11-12,14H,5,7-9H2,1-4H3/t11-,12+,14-,15+/m1/s1. The molecule has 0 aromatic rings. The number of ether oxygens (including phenoxy) is 1. The number of carbonyl (C=O) groups is 1. The molecule has 0 aromatic carbocycles. The van der Waals surface area contributed by atoms with Crippen LogP contribution in [0.5, 0.6) is 0 Å². The van der Waals surface area contributed by atoms with E-state index < -0.39 is 0 Å². The molecule has 1 aliphatic heterocycles. The molecular formula is C15H24O2. The molecule has 1 saturated carbocycles. The molecule has 0 amide bonds. The fourth-order valence-electron chi connectivity index (χ4n) is 2.96. The first kappa shape index (κ1) is 12.8. The number of carbonyl (C=O) groups excluding carboxylic acids is 1. The highest BCUT2D eigenvalue weighted by Gasteiger charge is 2.61. The monoisotopic (exact) mass is 236 g/mol. The van der Waals surface area contributed by atoms with E-state index in [9.17, 15) is 4.79 Å². The van der Waals surface area contributed by atoms with Gasteiger partial charge in [-0.2, -0.15) is 0 Å². The van der Waals surface area contributed by atoms with Gasteiger partial charge in [0.1, 0.15) is 6.10 Å². The van der Waals surface area contributed by atoms with Crippen LogP contribution in [0.15, 0.2) is 11.6 Å². The van der Waals surface area contributed by atoms with Crippen LogP contribution in [0.3, 0.4) is 0 Å². The minimum absolute atomic E-state index is 0.0767. The number of hydrogen-bond donors (Lipinski definition) is 0. The zero-order valence-electron chi connectivity index (χ0n) is 11.5. The lowest BCUT2D eigenvalue weighted by Gasteiger charge is -2.26. The van der Waals surface area contributed by atoms with Crippen LogP contribution in [0.1, 0.15) is 53.4 Å². The van der Waals surface area contributed by atoms with Gasteiger partial charge < -0.3 is 4.74 Å². The Labute approximate surface area is 104 Å². The van der Waals surface area contributed by atoms with Crippen LogP contribution in [0.25, 0.3) is 0 Å². The van der Waals surface area contributed by atoms with Crippen LogP contribution < -0.4 is 0 Å². The summed E-state index contributed by atoms with van der Waals surface area (Å²) >= 11 is 0. The maximum Gasteiger partial charge on any atom is 0.167 e. The van der Waals surface area contributed by atoms with Crippen molar-refractivity contribution in [1.82, 2.24) is 0 Å². The lowest BCUT2D eigenvalue weighted by Crippen LogP contribution is -2.34. The van der Waals surface area contributed by atoms with Gasteiger partial charge >= 0.3 is 0 Å². The molecule has 17 heavy (non-hydrogen) atoms. The van der Waals surface area contributed by atoms with E-state index >= 15 is 0 Å². The van der Waals surface area contributed by atoms with Crippen LogP contribution in [0.4, 0.5) is 0 Å². The van der Waals surface area contributed by atoms with E-state index in [1.54, 1.807) is 0 Å². The van der Waals surface area contributed by atoms with Gasteiger partial charge in [-0.05, 0) is 52.4 Å². The number of epoxide rings is 1. The molecule has 1 heterocycles. The van der Waals surface area contributed by atoms with E-state index in [1.165, 1.54) is 5.57 Å². The highest BCUT2D eigenvalue weighted by atomic mass is 16.6. The van der Waals surface area contributed by atoms with E-state index in [0.717, 1.165) is 25.7 Å². The third-order valence-electron chi connectivity index (χ3n) is 4.32. The van der Waals surface area contributed by atoms with Crippen molar-refractivity contribution in [3.8, 4) is 0 Å². The predicted octanol–water partition coefficient (Wildman–Crippen LogP) is 3.51. The lowest BCUT2D eigenvalue weighted by atomic mass is 9.75. The third kappa shape index (κ3) is 2.62. The summed E-state index contributed by atoms with van der Waals surface area (Å²) in [5.41, 5.74) is 1.28. The summed E-state index contributed by atoms with van der Waals surface area (Å²) in [6.45, 7) is 8.53. The predicted molar refractivity (Wildman–Crippen MR) is 68.8 cm³/mol. The Bertz CT molecular complexity index is 341. The van der Waals surface area contributed by atoms with Crippen molar-refractivity contribution in [1.29, 1.82) is 0 Å². The molecule has 0 spiro atoms. The largest absolute Gasteiger partial charge is 0.358 e. The van der Waals surface area contributed by atoms with E-state index in [-0.39, 0.29) is 17.6 Å². The first-order chi connectivity index (χ1) is 7.94. The molecule has 0 aromatic heterocycles. The SMILES string of the molecule is CC(C)=CCC[C@@H](C)[C@@H]1CC[C@]2(C)O[C@@H]2C1=O. The van der Waals surface area contributed by atoms with Crippen LogP contribution >= 0.6 is 0 Å². The Morgan fingerprint density at radius 2 is 2.29 bits per heavy atom. The molecule has 0 unspecified atom stereocenters. The molecule has 2 heteroatoms. The first-order valence-electron chi connectivity index (χ1n) is 6.79. The minimum atomic E-state index is -0.0901. The van der Waals surface area contributed by atoms with Crippen molar-refractivity contribution in [2.75, 3.05) is 0 Å². The lowest BCUT2D eigenvalue weighted by molar-refractivity contribution is -0.126. The zero-order chi connectivity index (χ0) is 12.6. The molecule has 2 nitrogen and oxygen atoms in total. The van der Waals surface area contributed by atoms with Crippen LogP contribution in [-0.4, -0.2) is 17.5 Å². The second kappa shape index (κ2) is 4.56. The average molecular weight is 236 g/mol. The molecule has 2 fully saturated rings. The first-order valence-corrected chi connectivity index (χ1v) is 6.79. The second-order valence-corrected chi connectivity index (χ2v) is 6.19. The number of allylic oxidation sites excluding steroid dienone is 2. The van der Waals surface area contributed by atoms with Gasteiger partial charge in [0.25, 0.3) is 0 Å². The van der Waals surface area contributed by atoms with Crippen molar-refractivity contribution in [2.45, 2.75) is 65.1 Å². The second-order valence-electron chi connectivity index (χ2n) is 6.19. The quantitative estimate of drug-likeness (QED) is 0.552. The summed E-state index contributed by atoms with van der Waals surface area (Å²) in [7, 11) is 0. The number of fused-ring (bicyclic) bond motifs is 1. The van der Waals surface area contributed by atoms with E-state index in [2.05, 4.69) is 33.8 Å². The Hall–Kier alpha value is -0.630. The number of hydrogen-bond acceptors (Lipinski definition) is 2. The van der Waals surface area contributed by atoms with Crippen molar-refractivity contribution >= 4 is 5.78 Å². The Balaban J connectivity index is 1.86. The van der Waals surface area contributed by atoms with Gasteiger partial charge in [0.2, 0.25) is 0 Å². The third-order valence-corrected chi connectivity index (χ3v) is 4.32. The summed E-state index contributed by atoms with van der Waals surface area (Å²) in [6, 6.07) is 0. The normalized spacial score (nSPS) is 37.3. The van der Waals surface area contributed by atoms with Gasteiger partial charge in [-0.3, -0.25) is 4.79 Å². The number of rotatable bonds is 4. The van der Waals surface area contributed by atoms with E-state index in [4.69, 9.17) is 4.74 Å². The highest BCUT2D eigenvalue weighted by molar-refractivity contribution is 5.90. The molecular weight excluding hydrogens is 212 g/mol. The topological polar surface area (TPSA) is 29.6 Å². The summed E-state index contributed by atoms with van der Waals surface area (Å²) in [4.78, 5) is 12.2. The summed E-state index contributed by atoms with van der Waals surface area (Å²) in [5, 5.41) is 0. The van der Waals surface area contributed by atoms with E-state index in [1.807, 2.05) is 0 Å². The van der Waals surface area contributed by atoms with Crippen LogP contribution in [0, 0.1) is 11.8 Å². The highest BCUT2D eigenvalue weighted by Crippen LogP contribution is 2.49. The summed E-state index contributed by atoms with van der Waals surface area (Å²) < 4.78 is 5.54. The smallest absolute Gasteiger partial charge is 0.167 e. The minimum Gasteiger partial charge on any atom is -0.358 e. The van der Waals surface area contributed by atoms with Gasteiger partial charge in [0.05, 0.1) is 5.60 Å². The van der Waals surface area contributed by atoms with Gasteiger partial charge in [-0.25, -0.2) is 0 Å². The van der Waals surface area contributed by atoms with Crippen molar-refractivity contribution in [3.63, 3.8) is 0 Å². The van der Waals surface area contributed by atoms with Gasteiger partial charge in [-0.15, -0.1) is 0 Å². The maximum atomic E-state index is 12.2. The average Bonchev–Trinajstić information content (AvgIpc) is 2.91. The summed E-state index contributed by atoms with van der Waals surface area (Å²) in [6.07, 6.45) is 6.47. The molecule has 96 valence electrons. The molecule has 2 aliphatic rings. The fourth-order valence-corrected chi connectivity index (χ4v) is 2.96. The fraction of sp³-hybridized carbons (Fsp3) is 0.800. The molecule has 2 rings (SSSR count). The van der Waals surface area contributed by atoms with Crippen molar-refractivity contribution in [2.24, 2.45) is 11.8 Å². The van der Waals surface area contributed by atoms with Gasteiger partial charge in [0.15, 0.2) is 5.78 Å². The Kier molecular flexibility index (Phi) is 3.44. The Morgan fingerprint density at radius 1 is 1.59 bits per heavy atom. The maximum absolute atomic E-state index is 12.2. The van der Waals surface area contributed by atoms with Gasteiger partial charge in [0, 0.05) is 5.92 Å². The van der Waals surface area contributed by atoms with Crippen LogP contribution in [-0.2, 0) is 9.53 Å². The van der Waals surface area contributed by atoms with Crippen molar-refractivity contribution < 1.29 is 9.53 Å². The summed E-state index contributed by atoms with van der Waals surface area (Å²) in [5.74, 6) is 1.09. The van der Waals surface area contributed by atoms with Crippen molar-refractivity contribution in [3.05, 3.63) is 11.6 Å². The number of Topliss-reactive ketones (excluding diaryl/α,β-unsaturated/α-hetero) is 1. The van der Waals surface area contributed by atoms with E-state index in [0.29, 0.717) is 11.7 Å².